The Kier molecular flexibility index (Phi) is 5.11. The molecule has 3 aromatic heterocycles. The molecule has 1 fully saturated rings. The van der Waals surface area contributed by atoms with E-state index in [0.29, 0.717) is 41.0 Å². The molecule has 2 N–H and O–H groups in total. The second kappa shape index (κ2) is 7.33. The van der Waals surface area contributed by atoms with Gasteiger partial charge in [-0.25, -0.2) is 19.5 Å². The van der Waals surface area contributed by atoms with Gasteiger partial charge in [-0.3, -0.25) is 4.40 Å². The summed E-state index contributed by atoms with van der Waals surface area (Å²) in [5.74, 6) is 1.65. The van der Waals surface area contributed by atoms with Crippen LogP contribution in [0.1, 0.15) is 17.7 Å². The summed E-state index contributed by atoms with van der Waals surface area (Å²) >= 11 is 0.579. The van der Waals surface area contributed by atoms with Crippen LogP contribution in [0.15, 0.2) is 24.7 Å². The Balaban J connectivity index is 1.62. The number of thiazole rings is 1. The number of anilines is 1. The number of nitrogens with zero attached hydrogens (tertiary/aromatic N) is 5. The second-order valence-corrected chi connectivity index (χ2v) is 10.7. The third-order valence-electron chi connectivity index (χ3n) is 4.76. The van der Waals surface area contributed by atoms with Crippen LogP contribution in [0.3, 0.4) is 0 Å². The molecule has 0 aliphatic carbocycles. The molecule has 0 saturated carbocycles. The van der Waals surface area contributed by atoms with E-state index in [1.807, 2.05) is 0 Å². The fourth-order valence-electron chi connectivity index (χ4n) is 3.60. The summed E-state index contributed by atoms with van der Waals surface area (Å²) < 4.78 is 58.0. The Hall–Kier alpha value is -2.05. The average Bonchev–Trinajstić information content (AvgIpc) is 3.21. The van der Waals surface area contributed by atoms with Gasteiger partial charge in [0.15, 0.2) is 10.8 Å². The van der Waals surface area contributed by atoms with Crippen LogP contribution in [-0.2, 0) is 16.3 Å². The van der Waals surface area contributed by atoms with Gasteiger partial charge in [0, 0.05) is 31.4 Å². The standard InChI is InChI=1S/C17H20F3N6OS2/c1-29(21,27)10-11-3-2-6-25(8-11)14-4-5-22-15(24-14)12-7-23-16-26(12)9-13(28-16)17(18,19)20/h4-5,7,9,11H,2-3,6,8,10H2,1H3,(H2,21,27)/q+1. The molecule has 1 aliphatic rings. The minimum absolute atomic E-state index is 0.206. The summed E-state index contributed by atoms with van der Waals surface area (Å²) in [6.07, 6.45) is 3.11. The van der Waals surface area contributed by atoms with Crippen LogP contribution in [0, 0.1) is 10.7 Å². The Morgan fingerprint density at radius 2 is 2.17 bits per heavy atom. The van der Waals surface area contributed by atoms with Crippen LogP contribution in [0.4, 0.5) is 19.0 Å². The molecule has 156 valence electrons. The zero-order valence-corrected chi connectivity index (χ0v) is 17.2. The fourth-order valence-corrected chi connectivity index (χ4v) is 5.61. The average molecular weight is 446 g/mol. The summed E-state index contributed by atoms with van der Waals surface area (Å²) in [5.41, 5.74) is 0.403. The van der Waals surface area contributed by atoms with Crippen molar-refractivity contribution in [1.29, 1.82) is 4.78 Å². The van der Waals surface area contributed by atoms with Crippen molar-refractivity contribution in [3.8, 4) is 11.5 Å². The summed E-state index contributed by atoms with van der Waals surface area (Å²) in [6.45, 7) is 1.47. The molecule has 29 heavy (non-hydrogen) atoms. The van der Waals surface area contributed by atoms with Crippen molar-refractivity contribution >= 4 is 32.2 Å². The van der Waals surface area contributed by atoms with Gasteiger partial charge in [-0.2, -0.15) is 13.2 Å². The molecule has 3 aromatic rings. The van der Waals surface area contributed by atoms with Gasteiger partial charge < -0.3 is 4.90 Å². The van der Waals surface area contributed by atoms with E-state index < -0.39 is 21.2 Å². The lowest BCUT2D eigenvalue weighted by Crippen LogP contribution is -2.39. The van der Waals surface area contributed by atoms with Crippen molar-refractivity contribution in [3.63, 3.8) is 0 Å². The van der Waals surface area contributed by atoms with Gasteiger partial charge in [-0.05, 0) is 18.9 Å². The molecule has 0 spiro atoms. The maximum Gasteiger partial charge on any atom is 0.427 e. The van der Waals surface area contributed by atoms with E-state index in [4.69, 9.17) is 4.78 Å². The number of rotatable bonds is 4. The van der Waals surface area contributed by atoms with Gasteiger partial charge in [0.1, 0.15) is 28.4 Å². The van der Waals surface area contributed by atoms with Crippen LogP contribution in [0.5, 0.6) is 0 Å². The number of hydrogen-bond donors (Lipinski definition) is 2. The first-order valence-electron chi connectivity index (χ1n) is 8.96. The van der Waals surface area contributed by atoms with Crippen LogP contribution >= 0.6 is 11.3 Å². The Morgan fingerprint density at radius 1 is 1.38 bits per heavy atom. The largest absolute Gasteiger partial charge is 0.427 e. The molecule has 4 heterocycles. The Bertz CT molecular complexity index is 1070. The summed E-state index contributed by atoms with van der Waals surface area (Å²) in [6, 6.07) is 1.77. The van der Waals surface area contributed by atoms with Gasteiger partial charge in [-0.1, -0.05) is 11.3 Å². The van der Waals surface area contributed by atoms with E-state index in [0.717, 1.165) is 25.6 Å². The first kappa shape index (κ1) is 20.2. The highest BCUT2D eigenvalue weighted by molar-refractivity contribution is 7.98. The number of imidazole rings is 1. The predicted molar refractivity (Wildman–Crippen MR) is 108 cm³/mol. The highest BCUT2D eigenvalue weighted by Gasteiger charge is 2.34. The van der Waals surface area contributed by atoms with E-state index in [1.165, 1.54) is 10.6 Å². The van der Waals surface area contributed by atoms with Gasteiger partial charge in [-0.15, -0.1) is 4.78 Å². The predicted octanol–water partition coefficient (Wildman–Crippen LogP) is 4.11. The van der Waals surface area contributed by atoms with Crippen LogP contribution in [0.25, 0.3) is 16.5 Å². The number of nitrogens with one attached hydrogen (secondary N) is 1. The molecular formula is C17H20F3N6OS2+. The first-order valence-corrected chi connectivity index (χ1v) is 11.9. The molecule has 12 heteroatoms. The maximum atomic E-state index is 13.0. The third-order valence-corrected chi connectivity index (χ3v) is 6.93. The lowest BCUT2D eigenvalue weighted by molar-refractivity contribution is -0.134. The normalized spacial score (nSPS) is 20.2. The van der Waals surface area contributed by atoms with Gasteiger partial charge >= 0.3 is 6.18 Å². The van der Waals surface area contributed by atoms with Gasteiger partial charge in [0.05, 0.1) is 16.3 Å². The number of halogens is 3. The van der Waals surface area contributed by atoms with E-state index >= 15 is 0 Å². The van der Waals surface area contributed by atoms with E-state index in [2.05, 4.69) is 19.9 Å². The van der Waals surface area contributed by atoms with E-state index in [-0.39, 0.29) is 10.9 Å². The van der Waals surface area contributed by atoms with Gasteiger partial charge in [0.25, 0.3) is 0 Å². The zero-order chi connectivity index (χ0) is 20.8. The second-order valence-electron chi connectivity index (χ2n) is 7.29. The first-order chi connectivity index (χ1) is 13.6. The topological polar surface area (TPSA) is 90.4 Å². The lowest BCUT2D eigenvalue weighted by Gasteiger charge is -2.33. The Morgan fingerprint density at radius 3 is 2.90 bits per heavy atom. The maximum absolute atomic E-state index is 13.0. The van der Waals surface area contributed by atoms with Crippen molar-refractivity contribution in [1.82, 2.24) is 19.4 Å². The van der Waals surface area contributed by atoms with Crippen LogP contribution in [-0.4, -0.2) is 49.0 Å². The fraction of sp³-hybridized carbons (Fsp3) is 0.471. The molecular weight excluding hydrogens is 425 g/mol. The number of piperidine rings is 1. The molecule has 2 unspecified atom stereocenters. The SMILES string of the molecule is C[S+](=N)(O)CC1CCCN(c2ccnc(-c3cnc4sc(C(F)(F)F)cn34)n2)C1. The molecule has 0 bridgehead atoms. The highest BCUT2D eigenvalue weighted by atomic mass is 32.3. The molecule has 0 aromatic carbocycles. The van der Waals surface area contributed by atoms with E-state index in [1.54, 1.807) is 18.5 Å². The summed E-state index contributed by atoms with van der Waals surface area (Å²) in [5, 5.41) is 0. The summed E-state index contributed by atoms with van der Waals surface area (Å²) in [7, 11) is -2.32. The minimum atomic E-state index is -4.42. The Labute approximate surface area is 170 Å². The quantitative estimate of drug-likeness (QED) is 0.590. The number of aromatic nitrogens is 4. The minimum Gasteiger partial charge on any atom is -0.356 e. The van der Waals surface area contributed by atoms with Gasteiger partial charge in [0.2, 0.25) is 0 Å². The highest BCUT2D eigenvalue weighted by Crippen LogP contribution is 2.36. The smallest absolute Gasteiger partial charge is 0.356 e. The number of alkyl halides is 3. The monoisotopic (exact) mass is 445 g/mol. The lowest BCUT2D eigenvalue weighted by atomic mass is 10.0. The number of fused-ring (bicyclic) bond motifs is 1. The molecule has 1 saturated heterocycles. The van der Waals surface area contributed by atoms with Crippen molar-refractivity contribution in [2.45, 2.75) is 19.0 Å². The molecule has 7 nitrogen and oxygen atoms in total. The molecule has 2 atom stereocenters. The van der Waals surface area contributed by atoms with Crippen LogP contribution in [0.2, 0.25) is 0 Å². The third kappa shape index (κ3) is 4.43. The molecule has 4 rings (SSSR count). The molecule has 0 radical (unpaired) electrons. The van der Waals surface area contributed by atoms with E-state index in [9.17, 15) is 17.7 Å². The van der Waals surface area contributed by atoms with Crippen molar-refractivity contribution in [2.75, 3.05) is 30.0 Å². The van der Waals surface area contributed by atoms with Crippen molar-refractivity contribution in [2.24, 2.45) is 5.92 Å². The summed E-state index contributed by atoms with van der Waals surface area (Å²) in [4.78, 5) is 14.5. The van der Waals surface area contributed by atoms with Crippen molar-refractivity contribution < 1.29 is 17.7 Å². The van der Waals surface area contributed by atoms with Crippen LogP contribution < -0.4 is 4.90 Å². The van der Waals surface area contributed by atoms with Crippen molar-refractivity contribution in [3.05, 3.63) is 29.5 Å². The zero-order valence-electron chi connectivity index (χ0n) is 15.6. The molecule has 0 amide bonds. The number of hydrogen-bond acceptors (Lipinski definition) is 6. The molecule has 1 aliphatic heterocycles.